The highest BCUT2D eigenvalue weighted by atomic mass is 35.5. The summed E-state index contributed by atoms with van der Waals surface area (Å²) in [6.45, 7) is -0.469. The maximum absolute atomic E-state index is 12.5. The van der Waals surface area contributed by atoms with Crippen LogP contribution in [-0.4, -0.2) is 28.2 Å². The van der Waals surface area contributed by atoms with E-state index in [1.54, 1.807) is 24.7 Å². The predicted molar refractivity (Wildman–Crippen MR) is 80.4 cm³/mol. The average molecular weight is 331 g/mol. The number of hydrogen-bond acceptors (Lipinski definition) is 2. The van der Waals surface area contributed by atoms with Crippen molar-refractivity contribution in [2.24, 2.45) is 0 Å². The first kappa shape index (κ1) is 14.2. The fraction of sp³-hybridized carbons (Fsp3) is 0.154. The summed E-state index contributed by atoms with van der Waals surface area (Å²) in [5.74, 6) is 0. The Hall–Kier alpha value is -1.79. The lowest BCUT2D eigenvalue weighted by molar-refractivity contribution is 0.163. The van der Waals surface area contributed by atoms with Gasteiger partial charge in [0.2, 0.25) is 0 Å². The fourth-order valence-corrected chi connectivity index (χ4v) is 2.62. The molecule has 8 heteroatoms. The largest absolute Gasteiger partial charge is 0.379 e. The van der Waals surface area contributed by atoms with E-state index in [1.165, 1.54) is 0 Å². The zero-order valence-electron chi connectivity index (χ0n) is 10.6. The van der Waals surface area contributed by atoms with E-state index in [1.807, 2.05) is 0 Å². The van der Waals surface area contributed by atoms with E-state index >= 15 is 0 Å². The molecular weight excluding hydrogens is 321 g/mol. The normalized spacial score (nSPS) is 11.5. The molecule has 110 valence electrons. The Morgan fingerprint density at radius 2 is 2.10 bits per heavy atom. The molecule has 0 saturated heterocycles. The van der Waals surface area contributed by atoms with Crippen molar-refractivity contribution in [2.75, 3.05) is 11.9 Å². The maximum Gasteiger partial charge on any atom is 0.255 e. The molecule has 21 heavy (non-hydrogen) atoms. The van der Waals surface area contributed by atoms with E-state index in [9.17, 15) is 8.78 Å². The number of alkyl halides is 2. The lowest BCUT2D eigenvalue weighted by atomic mass is 10.1. The molecule has 0 amide bonds. The molecule has 0 fully saturated rings. The van der Waals surface area contributed by atoms with Crippen molar-refractivity contribution < 1.29 is 8.78 Å². The number of nitrogens with one attached hydrogen (secondary N) is 3. The van der Waals surface area contributed by atoms with Gasteiger partial charge in [0.15, 0.2) is 0 Å². The zero-order valence-corrected chi connectivity index (χ0v) is 12.1. The van der Waals surface area contributed by atoms with Gasteiger partial charge in [-0.15, -0.1) is 0 Å². The fourth-order valence-electron chi connectivity index (χ4n) is 2.21. The number of aromatic nitrogens is 3. The standard InChI is InChI=1S/C13H10Cl2F2N4/c14-8-1-9(18-5-10(16)17)11-7(6-2-20-21-3-6)4-19-13(11)12(8)15/h1-4,10,18-19H,5H2,(H,20,21). The van der Waals surface area contributed by atoms with Crippen molar-refractivity contribution in [3.63, 3.8) is 0 Å². The third-order valence-electron chi connectivity index (χ3n) is 3.11. The molecular formula is C13H10Cl2F2N4. The molecule has 3 rings (SSSR count). The van der Waals surface area contributed by atoms with Gasteiger partial charge in [0.25, 0.3) is 6.43 Å². The van der Waals surface area contributed by atoms with Crippen molar-refractivity contribution in [1.82, 2.24) is 15.2 Å². The van der Waals surface area contributed by atoms with E-state index in [0.29, 0.717) is 26.6 Å². The number of H-pyrrole nitrogens is 2. The number of benzene rings is 1. The Morgan fingerprint density at radius 3 is 2.76 bits per heavy atom. The minimum atomic E-state index is -2.47. The van der Waals surface area contributed by atoms with E-state index in [2.05, 4.69) is 20.5 Å². The third-order valence-corrected chi connectivity index (χ3v) is 3.89. The summed E-state index contributed by atoms with van der Waals surface area (Å²) in [6.07, 6.45) is 2.63. The summed E-state index contributed by atoms with van der Waals surface area (Å²) < 4.78 is 24.9. The van der Waals surface area contributed by atoms with E-state index < -0.39 is 13.0 Å². The molecule has 3 aromatic rings. The molecule has 0 atom stereocenters. The first-order valence-electron chi connectivity index (χ1n) is 6.08. The van der Waals surface area contributed by atoms with Crippen LogP contribution in [0.1, 0.15) is 0 Å². The number of anilines is 1. The smallest absolute Gasteiger partial charge is 0.255 e. The first-order valence-corrected chi connectivity index (χ1v) is 6.83. The molecule has 0 spiro atoms. The molecule has 0 saturated carbocycles. The quantitative estimate of drug-likeness (QED) is 0.657. The highest BCUT2D eigenvalue weighted by Gasteiger charge is 2.17. The molecule has 1 aromatic carbocycles. The van der Waals surface area contributed by atoms with Gasteiger partial charge in [0.05, 0.1) is 28.3 Å². The van der Waals surface area contributed by atoms with Crippen LogP contribution in [0.5, 0.6) is 0 Å². The zero-order chi connectivity index (χ0) is 15.0. The van der Waals surface area contributed by atoms with Crippen molar-refractivity contribution in [1.29, 1.82) is 0 Å². The molecule has 0 aliphatic carbocycles. The van der Waals surface area contributed by atoms with Crippen LogP contribution in [0.15, 0.2) is 24.7 Å². The lowest BCUT2D eigenvalue weighted by Gasteiger charge is -2.11. The summed E-state index contributed by atoms with van der Waals surface area (Å²) in [6, 6.07) is 1.55. The topological polar surface area (TPSA) is 56.5 Å². The Morgan fingerprint density at radius 1 is 1.29 bits per heavy atom. The van der Waals surface area contributed by atoms with Gasteiger partial charge in [0, 0.05) is 34.6 Å². The number of hydrogen-bond donors (Lipinski definition) is 3. The highest BCUT2D eigenvalue weighted by molar-refractivity contribution is 6.46. The van der Waals surface area contributed by atoms with Crippen LogP contribution in [-0.2, 0) is 0 Å². The molecule has 4 nitrogen and oxygen atoms in total. The number of fused-ring (bicyclic) bond motifs is 1. The summed E-state index contributed by atoms with van der Waals surface area (Å²) in [7, 11) is 0. The van der Waals surface area contributed by atoms with E-state index in [-0.39, 0.29) is 0 Å². The summed E-state index contributed by atoms with van der Waals surface area (Å²) in [5.41, 5.74) is 2.71. The van der Waals surface area contributed by atoms with Crippen LogP contribution in [0.3, 0.4) is 0 Å². The Bertz CT molecular complexity index is 768. The second-order valence-corrected chi connectivity index (χ2v) is 5.22. The van der Waals surface area contributed by atoms with Gasteiger partial charge in [-0.25, -0.2) is 8.78 Å². The summed E-state index contributed by atoms with van der Waals surface area (Å²) in [4.78, 5) is 3.03. The Balaban J connectivity index is 2.20. The second kappa shape index (κ2) is 5.54. The van der Waals surface area contributed by atoms with E-state index in [0.717, 1.165) is 11.1 Å². The molecule has 0 bridgehead atoms. The number of rotatable bonds is 4. The molecule has 3 N–H and O–H groups in total. The van der Waals surface area contributed by atoms with Gasteiger partial charge >= 0.3 is 0 Å². The third kappa shape index (κ3) is 2.56. The van der Waals surface area contributed by atoms with Crippen molar-refractivity contribution in [3.05, 3.63) is 34.7 Å². The monoisotopic (exact) mass is 330 g/mol. The van der Waals surface area contributed by atoms with Gasteiger partial charge in [-0.1, -0.05) is 23.2 Å². The van der Waals surface area contributed by atoms with Crippen molar-refractivity contribution >= 4 is 39.8 Å². The van der Waals surface area contributed by atoms with Gasteiger partial charge < -0.3 is 10.3 Å². The number of aromatic amines is 2. The van der Waals surface area contributed by atoms with Crippen LogP contribution in [0.25, 0.3) is 22.0 Å². The maximum atomic E-state index is 12.5. The molecule has 0 aliphatic heterocycles. The molecule has 2 aromatic heterocycles. The van der Waals surface area contributed by atoms with Gasteiger partial charge in [-0.2, -0.15) is 5.10 Å². The van der Waals surface area contributed by atoms with Gasteiger partial charge in [-0.3, -0.25) is 5.10 Å². The Kier molecular flexibility index (Phi) is 3.73. The van der Waals surface area contributed by atoms with Gasteiger partial charge in [0.1, 0.15) is 0 Å². The minimum absolute atomic E-state index is 0.293. The SMILES string of the molecule is FC(F)CNc1cc(Cl)c(Cl)c2[nH]cc(-c3cn[nH]c3)c12. The minimum Gasteiger partial charge on any atom is -0.379 e. The Labute approximate surface area is 128 Å². The summed E-state index contributed by atoms with van der Waals surface area (Å²) in [5, 5.41) is 10.6. The van der Waals surface area contributed by atoms with Crippen LogP contribution in [0.2, 0.25) is 10.0 Å². The first-order chi connectivity index (χ1) is 10.1. The van der Waals surface area contributed by atoms with Crippen LogP contribution in [0, 0.1) is 0 Å². The summed E-state index contributed by atoms with van der Waals surface area (Å²) >= 11 is 12.2. The molecule has 0 aliphatic rings. The van der Waals surface area contributed by atoms with Crippen molar-refractivity contribution in [3.8, 4) is 11.1 Å². The lowest BCUT2D eigenvalue weighted by Crippen LogP contribution is -2.10. The average Bonchev–Trinajstić information content (AvgIpc) is 3.09. The van der Waals surface area contributed by atoms with Gasteiger partial charge in [-0.05, 0) is 6.07 Å². The molecule has 2 heterocycles. The molecule has 0 unspecified atom stereocenters. The number of nitrogens with zero attached hydrogens (tertiary/aromatic N) is 1. The number of halogens is 4. The molecule has 0 radical (unpaired) electrons. The second-order valence-electron chi connectivity index (χ2n) is 4.43. The highest BCUT2D eigenvalue weighted by Crippen LogP contribution is 2.40. The van der Waals surface area contributed by atoms with Crippen LogP contribution < -0.4 is 5.32 Å². The van der Waals surface area contributed by atoms with Crippen LogP contribution in [0.4, 0.5) is 14.5 Å². The van der Waals surface area contributed by atoms with E-state index in [4.69, 9.17) is 23.2 Å². The van der Waals surface area contributed by atoms with Crippen LogP contribution >= 0.6 is 23.2 Å². The predicted octanol–water partition coefficient (Wildman–Crippen LogP) is 4.54. The van der Waals surface area contributed by atoms with Crippen molar-refractivity contribution in [2.45, 2.75) is 6.43 Å².